The van der Waals surface area contributed by atoms with E-state index in [1.54, 1.807) is 0 Å². The molecule has 1 aromatic carbocycles. The number of carbonyl (C=O) groups excluding carboxylic acids is 1. The van der Waals surface area contributed by atoms with E-state index in [2.05, 4.69) is 5.32 Å². The number of para-hydroxylation sites is 1. The van der Waals surface area contributed by atoms with E-state index >= 15 is 0 Å². The van der Waals surface area contributed by atoms with Crippen molar-refractivity contribution in [3.63, 3.8) is 0 Å². The number of benzene rings is 1. The van der Waals surface area contributed by atoms with Gasteiger partial charge in [-0.3, -0.25) is 10.1 Å². The van der Waals surface area contributed by atoms with E-state index in [-0.39, 0.29) is 16.8 Å². The van der Waals surface area contributed by atoms with Gasteiger partial charge in [0.15, 0.2) is 0 Å². The number of ketones is 1. The SMILES string of the molecule is O=C(O)C1=C[N]c2c(C(=O)O)cccc2C1=O. The molecule has 1 radical (unpaired) electrons. The first-order chi connectivity index (χ1) is 8.02. The molecule has 85 valence electrons. The lowest BCUT2D eigenvalue weighted by molar-refractivity contribution is -0.132. The molecule has 0 fully saturated rings. The van der Waals surface area contributed by atoms with Crippen LogP contribution in [0.1, 0.15) is 20.7 Å². The molecule has 0 spiro atoms. The molecule has 0 unspecified atom stereocenters. The van der Waals surface area contributed by atoms with Crippen LogP contribution in [0.3, 0.4) is 0 Å². The summed E-state index contributed by atoms with van der Waals surface area (Å²) < 4.78 is 0. The van der Waals surface area contributed by atoms with Gasteiger partial charge in [-0.1, -0.05) is 6.07 Å². The molecule has 17 heavy (non-hydrogen) atoms. The number of aliphatic carboxylic acids is 1. The Bertz CT molecular complexity index is 573. The quantitative estimate of drug-likeness (QED) is 0.733. The van der Waals surface area contributed by atoms with Gasteiger partial charge in [-0.15, -0.1) is 0 Å². The van der Waals surface area contributed by atoms with E-state index < -0.39 is 23.3 Å². The van der Waals surface area contributed by atoms with Crippen LogP contribution in [0, 0.1) is 0 Å². The number of hydrogen-bond acceptors (Lipinski definition) is 3. The molecule has 1 aromatic rings. The second kappa shape index (κ2) is 3.75. The van der Waals surface area contributed by atoms with E-state index in [1.165, 1.54) is 18.2 Å². The van der Waals surface area contributed by atoms with Gasteiger partial charge in [-0.05, 0) is 12.1 Å². The summed E-state index contributed by atoms with van der Waals surface area (Å²) in [6.45, 7) is 0. The lowest BCUT2D eigenvalue weighted by atomic mass is 9.96. The fourth-order valence-corrected chi connectivity index (χ4v) is 1.52. The third kappa shape index (κ3) is 1.65. The summed E-state index contributed by atoms with van der Waals surface area (Å²) in [6.07, 6.45) is 0.874. The highest BCUT2D eigenvalue weighted by Gasteiger charge is 2.28. The molecule has 0 saturated carbocycles. The summed E-state index contributed by atoms with van der Waals surface area (Å²) >= 11 is 0. The van der Waals surface area contributed by atoms with E-state index in [1.807, 2.05) is 0 Å². The van der Waals surface area contributed by atoms with Gasteiger partial charge in [0.25, 0.3) is 0 Å². The Kier molecular flexibility index (Phi) is 2.40. The monoisotopic (exact) mass is 232 g/mol. The molecule has 1 heterocycles. The minimum atomic E-state index is -1.38. The fraction of sp³-hybridized carbons (Fsp3) is 0. The van der Waals surface area contributed by atoms with Crippen molar-refractivity contribution >= 4 is 23.4 Å². The van der Waals surface area contributed by atoms with Gasteiger partial charge in [0.1, 0.15) is 5.57 Å². The summed E-state index contributed by atoms with van der Waals surface area (Å²) in [6, 6.07) is 4.03. The third-order valence-electron chi connectivity index (χ3n) is 2.31. The van der Waals surface area contributed by atoms with Crippen LogP contribution in [0.15, 0.2) is 30.0 Å². The van der Waals surface area contributed by atoms with Gasteiger partial charge >= 0.3 is 11.9 Å². The van der Waals surface area contributed by atoms with Crippen molar-refractivity contribution in [1.82, 2.24) is 5.32 Å². The molecule has 0 atom stereocenters. The molecule has 0 aliphatic carbocycles. The lowest BCUT2D eigenvalue weighted by Crippen LogP contribution is -2.20. The van der Waals surface area contributed by atoms with Crippen molar-refractivity contribution in [3.8, 4) is 0 Å². The zero-order valence-corrected chi connectivity index (χ0v) is 8.38. The Morgan fingerprint density at radius 3 is 2.41 bits per heavy atom. The average Bonchev–Trinajstić information content (AvgIpc) is 2.28. The molecule has 1 aliphatic rings. The standard InChI is InChI=1S/C11H6NO5/c13-9-5-2-1-3-6(10(14)15)8(5)12-4-7(9)11(16)17/h1-4H,(H,14,15)(H,16,17). The van der Waals surface area contributed by atoms with Gasteiger partial charge in [0.2, 0.25) is 5.78 Å². The molecule has 0 saturated heterocycles. The van der Waals surface area contributed by atoms with E-state index in [9.17, 15) is 14.4 Å². The number of rotatable bonds is 2. The summed E-state index contributed by atoms with van der Waals surface area (Å²) in [4.78, 5) is 33.3. The molecular formula is C11H6NO5. The number of carbonyl (C=O) groups is 3. The first-order valence-electron chi connectivity index (χ1n) is 4.57. The van der Waals surface area contributed by atoms with Crippen molar-refractivity contribution in [1.29, 1.82) is 0 Å². The van der Waals surface area contributed by atoms with Crippen molar-refractivity contribution in [2.75, 3.05) is 0 Å². The summed E-state index contributed by atoms with van der Waals surface area (Å²) in [5, 5.41) is 21.4. The Morgan fingerprint density at radius 2 is 1.82 bits per heavy atom. The number of carboxylic acids is 2. The van der Waals surface area contributed by atoms with Crippen LogP contribution >= 0.6 is 0 Å². The van der Waals surface area contributed by atoms with Crippen LogP contribution < -0.4 is 5.32 Å². The molecule has 6 heteroatoms. The highest BCUT2D eigenvalue weighted by Crippen LogP contribution is 2.28. The predicted molar refractivity (Wildman–Crippen MR) is 55.2 cm³/mol. The third-order valence-corrected chi connectivity index (χ3v) is 2.31. The minimum Gasteiger partial charge on any atom is -0.478 e. The van der Waals surface area contributed by atoms with Crippen LogP contribution in [-0.2, 0) is 4.79 Å². The summed E-state index contributed by atoms with van der Waals surface area (Å²) in [7, 11) is 0. The van der Waals surface area contributed by atoms with E-state index in [0.29, 0.717) is 0 Å². The van der Waals surface area contributed by atoms with Crippen molar-refractivity contribution in [3.05, 3.63) is 41.1 Å². The normalized spacial score (nSPS) is 13.4. The second-order valence-electron chi connectivity index (χ2n) is 3.31. The maximum absolute atomic E-state index is 11.7. The van der Waals surface area contributed by atoms with Crippen LogP contribution in [-0.4, -0.2) is 27.9 Å². The van der Waals surface area contributed by atoms with Crippen molar-refractivity contribution in [2.24, 2.45) is 0 Å². The Hall–Kier alpha value is -2.63. The topological polar surface area (TPSA) is 106 Å². The number of nitrogens with zero attached hydrogens (tertiary/aromatic N) is 1. The van der Waals surface area contributed by atoms with Crippen LogP contribution in [0.25, 0.3) is 0 Å². The van der Waals surface area contributed by atoms with Gasteiger partial charge in [-0.25, -0.2) is 9.59 Å². The number of carboxylic acid groups (broad SMARTS) is 2. The molecule has 2 rings (SSSR count). The Morgan fingerprint density at radius 1 is 1.12 bits per heavy atom. The largest absolute Gasteiger partial charge is 0.478 e. The highest BCUT2D eigenvalue weighted by atomic mass is 16.4. The number of hydrogen-bond donors (Lipinski definition) is 2. The van der Waals surface area contributed by atoms with Crippen molar-refractivity contribution < 1.29 is 24.6 Å². The lowest BCUT2D eigenvalue weighted by Gasteiger charge is -2.14. The second-order valence-corrected chi connectivity index (χ2v) is 3.31. The Balaban J connectivity index is 2.58. The molecule has 0 amide bonds. The minimum absolute atomic E-state index is 0.00463. The fourth-order valence-electron chi connectivity index (χ4n) is 1.52. The van der Waals surface area contributed by atoms with Gasteiger partial charge in [0, 0.05) is 11.8 Å². The Labute approximate surface area is 95.2 Å². The molecule has 6 nitrogen and oxygen atoms in total. The maximum atomic E-state index is 11.7. The van der Waals surface area contributed by atoms with Crippen molar-refractivity contribution in [2.45, 2.75) is 0 Å². The molecule has 0 bridgehead atoms. The van der Waals surface area contributed by atoms with Crippen LogP contribution in [0.2, 0.25) is 0 Å². The van der Waals surface area contributed by atoms with E-state index in [0.717, 1.165) is 6.20 Å². The summed E-state index contributed by atoms with van der Waals surface area (Å²) in [5.74, 6) is -3.33. The zero-order chi connectivity index (χ0) is 12.6. The first-order valence-corrected chi connectivity index (χ1v) is 4.57. The first kappa shape index (κ1) is 10.9. The molecule has 0 aromatic heterocycles. The van der Waals surface area contributed by atoms with Crippen LogP contribution in [0.5, 0.6) is 0 Å². The highest BCUT2D eigenvalue weighted by molar-refractivity contribution is 6.26. The van der Waals surface area contributed by atoms with E-state index in [4.69, 9.17) is 10.2 Å². The van der Waals surface area contributed by atoms with Gasteiger partial charge in [-0.2, -0.15) is 0 Å². The number of Topliss-reactive ketones (excluding diaryl/α,β-unsaturated/α-hetero) is 1. The predicted octanol–water partition coefficient (Wildman–Crippen LogP) is 0.786. The molecule has 1 aliphatic heterocycles. The maximum Gasteiger partial charge on any atom is 0.341 e. The smallest absolute Gasteiger partial charge is 0.341 e. The van der Waals surface area contributed by atoms with Gasteiger partial charge < -0.3 is 10.2 Å². The summed E-state index contributed by atoms with van der Waals surface area (Å²) in [5.41, 5.74) is -0.614. The number of aromatic carboxylic acids is 1. The zero-order valence-electron chi connectivity index (χ0n) is 8.38. The molecule has 2 N–H and O–H groups in total. The molecular weight excluding hydrogens is 226 g/mol. The van der Waals surface area contributed by atoms with Crippen LogP contribution in [0.4, 0.5) is 5.69 Å². The number of fused-ring (bicyclic) bond motifs is 1. The average molecular weight is 232 g/mol. The van der Waals surface area contributed by atoms with Gasteiger partial charge in [0.05, 0.1) is 11.3 Å².